The van der Waals surface area contributed by atoms with Gasteiger partial charge in [0.2, 0.25) is 0 Å². The van der Waals surface area contributed by atoms with Gasteiger partial charge in [0.15, 0.2) is 11.5 Å². The van der Waals surface area contributed by atoms with E-state index in [4.69, 9.17) is 15.2 Å². The topological polar surface area (TPSA) is 92.0 Å². The number of ether oxygens (including phenoxy) is 4. The van der Waals surface area contributed by atoms with Gasteiger partial charge in [-0.15, -0.1) is 8.78 Å². The molecule has 0 saturated carbocycles. The molecule has 1 atom stereocenters. The first-order chi connectivity index (χ1) is 18.8. The second-order valence-electron chi connectivity index (χ2n) is 8.88. The first-order valence-corrected chi connectivity index (χ1v) is 12.2. The highest BCUT2D eigenvalue weighted by atomic mass is 19.3. The monoisotopic (exact) mass is 532 g/mol. The number of anilines is 1. The molecule has 1 aliphatic rings. The Kier molecular flexibility index (Phi) is 7.08. The minimum Gasteiger partial charge on any atom is -0.489 e. The van der Waals surface area contributed by atoms with E-state index >= 15 is 0 Å². The number of hydrogen-bond donors (Lipinski definition) is 2. The van der Waals surface area contributed by atoms with Crippen molar-refractivity contribution in [3.05, 3.63) is 120 Å². The third kappa shape index (κ3) is 5.21. The predicted molar refractivity (Wildman–Crippen MR) is 141 cm³/mol. The van der Waals surface area contributed by atoms with E-state index in [2.05, 4.69) is 14.8 Å². The molecule has 0 aliphatic carbocycles. The molecule has 0 amide bonds. The molecule has 4 aromatic carbocycles. The van der Waals surface area contributed by atoms with Crippen LogP contribution in [0.25, 0.3) is 0 Å². The van der Waals surface area contributed by atoms with Crippen LogP contribution in [0.2, 0.25) is 0 Å². The molecule has 0 bridgehead atoms. The van der Waals surface area contributed by atoms with Crippen LogP contribution < -0.4 is 25.3 Å². The van der Waals surface area contributed by atoms with Gasteiger partial charge in [-0.3, -0.25) is 10.1 Å². The zero-order valence-electron chi connectivity index (χ0n) is 21.0. The average Bonchev–Trinajstić information content (AvgIpc) is 3.26. The van der Waals surface area contributed by atoms with Gasteiger partial charge in [0.1, 0.15) is 18.4 Å². The zero-order chi connectivity index (χ0) is 27.5. The Morgan fingerprint density at radius 3 is 1.79 bits per heavy atom. The Labute approximate surface area is 224 Å². The van der Waals surface area contributed by atoms with Gasteiger partial charge in [0, 0.05) is 12.1 Å². The molecule has 0 aromatic heterocycles. The first-order valence-electron chi connectivity index (χ1n) is 12.2. The van der Waals surface area contributed by atoms with E-state index in [0.717, 1.165) is 16.7 Å². The molecular weight excluding hydrogens is 506 g/mol. The van der Waals surface area contributed by atoms with Crippen molar-refractivity contribution >= 4 is 11.7 Å². The van der Waals surface area contributed by atoms with Gasteiger partial charge >= 0.3 is 12.3 Å². The molecule has 0 unspecified atom stereocenters. The molecule has 3 N–H and O–H groups in total. The number of fused-ring (bicyclic) bond motifs is 1. The number of hydrogen-bond acceptors (Lipinski definition) is 7. The minimum absolute atomic E-state index is 0.0408. The molecular formula is C30H26F2N2O5. The SMILES string of the molecule is COC(=O)[C@H](COc1cc2c(cc1N)OC(F)(F)O2)NC(c1ccccc1)(c1ccccc1)c1ccccc1. The van der Waals surface area contributed by atoms with Crippen LogP contribution >= 0.6 is 0 Å². The van der Waals surface area contributed by atoms with Crippen LogP contribution in [0.3, 0.4) is 0 Å². The second kappa shape index (κ2) is 10.6. The molecule has 0 radical (unpaired) electrons. The van der Waals surface area contributed by atoms with Crippen LogP contribution in [-0.4, -0.2) is 32.0 Å². The van der Waals surface area contributed by atoms with Crippen LogP contribution in [-0.2, 0) is 15.1 Å². The Morgan fingerprint density at radius 1 is 0.872 bits per heavy atom. The highest BCUT2D eigenvalue weighted by Crippen LogP contribution is 2.45. The van der Waals surface area contributed by atoms with Crippen molar-refractivity contribution in [1.82, 2.24) is 5.32 Å². The van der Waals surface area contributed by atoms with Gasteiger partial charge < -0.3 is 24.7 Å². The van der Waals surface area contributed by atoms with Gasteiger partial charge in [-0.05, 0) is 16.7 Å². The second-order valence-corrected chi connectivity index (χ2v) is 8.88. The smallest absolute Gasteiger partial charge is 0.489 e. The molecule has 39 heavy (non-hydrogen) atoms. The molecule has 1 aliphatic heterocycles. The largest absolute Gasteiger partial charge is 0.586 e. The van der Waals surface area contributed by atoms with Gasteiger partial charge in [-0.2, -0.15) is 0 Å². The van der Waals surface area contributed by atoms with Crippen LogP contribution in [0, 0.1) is 0 Å². The minimum atomic E-state index is -3.80. The number of esters is 1. The summed E-state index contributed by atoms with van der Waals surface area (Å²) in [4.78, 5) is 13.1. The van der Waals surface area contributed by atoms with E-state index in [1.54, 1.807) is 0 Å². The fourth-order valence-electron chi connectivity index (χ4n) is 4.68. The lowest BCUT2D eigenvalue weighted by Gasteiger charge is -2.39. The molecule has 9 heteroatoms. The number of carbonyl (C=O) groups is 1. The van der Waals surface area contributed by atoms with E-state index < -0.39 is 23.8 Å². The van der Waals surface area contributed by atoms with E-state index in [9.17, 15) is 13.6 Å². The summed E-state index contributed by atoms with van der Waals surface area (Å²) < 4.78 is 47.1. The Bertz CT molecular complexity index is 1340. The fraction of sp³-hybridized carbons (Fsp3) is 0.167. The molecule has 5 rings (SSSR count). The molecule has 7 nitrogen and oxygen atoms in total. The van der Waals surface area contributed by atoms with E-state index in [-0.39, 0.29) is 29.5 Å². The summed E-state index contributed by atoms with van der Waals surface area (Å²) in [5.74, 6) is -0.966. The van der Waals surface area contributed by atoms with Crippen LogP contribution in [0.4, 0.5) is 14.5 Å². The Morgan fingerprint density at radius 2 is 1.33 bits per heavy atom. The number of nitrogen functional groups attached to an aromatic ring is 1. The highest BCUT2D eigenvalue weighted by Gasteiger charge is 2.44. The number of alkyl halides is 2. The lowest BCUT2D eigenvalue weighted by Crippen LogP contribution is -2.55. The predicted octanol–water partition coefficient (Wildman–Crippen LogP) is 5.09. The number of nitrogens with two attached hydrogens (primary N) is 1. The van der Waals surface area contributed by atoms with Crippen molar-refractivity contribution in [3.63, 3.8) is 0 Å². The van der Waals surface area contributed by atoms with Crippen molar-refractivity contribution in [2.75, 3.05) is 19.5 Å². The summed E-state index contributed by atoms with van der Waals surface area (Å²) in [6, 6.07) is 30.5. The van der Waals surface area contributed by atoms with Gasteiger partial charge in [-0.25, -0.2) is 0 Å². The number of methoxy groups -OCH3 is 1. The maximum Gasteiger partial charge on any atom is 0.586 e. The molecule has 200 valence electrons. The fourth-order valence-corrected chi connectivity index (χ4v) is 4.68. The third-order valence-corrected chi connectivity index (χ3v) is 6.44. The summed E-state index contributed by atoms with van der Waals surface area (Å²) in [5.41, 5.74) is 7.71. The van der Waals surface area contributed by atoms with Crippen molar-refractivity contribution in [1.29, 1.82) is 0 Å². The van der Waals surface area contributed by atoms with Crippen LogP contribution in [0.1, 0.15) is 16.7 Å². The zero-order valence-corrected chi connectivity index (χ0v) is 21.0. The third-order valence-electron chi connectivity index (χ3n) is 6.44. The van der Waals surface area contributed by atoms with Crippen LogP contribution in [0.15, 0.2) is 103 Å². The number of benzene rings is 4. The maximum absolute atomic E-state index is 13.5. The lowest BCUT2D eigenvalue weighted by atomic mass is 9.76. The van der Waals surface area contributed by atoms with E-state index in [0.29, 0.717) is 0 Å². The first kappa shape index (κ1) is 26.0. The Balaban J connectivity index is 1.55. The normalized spacial score (nSPS) is 14.4. The molecule has 0 fully saturated rings. The van der Waals surface area contributed by atoms with E-state index in [1.165, 1.54) is 19.2 Å². The number of nitrogens with one attached hydrogen (secondary N) is 1. The number of rotatable bonds is 9. The van der Waals surface area contributed by atoms with E-state index in [1.807, 2.05) is 91.0 Å². The van der Waals surface area contributed by atoms with Gasteiger partial charge in [-0.1, -0.05) is 91.0 Å². The van der Waals surface area contributed by atoms with Crippen molar-refractivity contribution in [2.45, 2.75) is 17.9 Å². The van der Waals surface area contributed by atoms with Gasteiger partial charge in [0.05, 0.1) is 18.3 Å². The number of halogens is 2. The quantitative estimate of drug-likeness (QED) is 0.176. The molecule has 0 spiro atoms. The average molecular weight is 533 g/mol. The highest BCUT2D eigenvalue weighted by molar-refractivity contribution is 5.76. The van der Waals surface area contributed by atoms with Crippen molar-refractivity contribution in [2.24, 2.45) is 0 Å². The standard InChI is InChI=1S/C30H26F2N2O5/c1-36-28(35)24(19-37-25-18-27-26(17-23(25)33)38-30(31,32)39-27)34-29(20-11-5-2-6-12-20,21-13-7-3-8-14-21)22-15-9-4-10-16-22/h2-18,24,34H,19,33H2,1H3/t24-/m0/s1. The number of carbonyl (C=O) groups excluding carboxylic acids is 1. The van der Waals surface area contributed by atoms with Crippen molar-refractivity contribution < 1.29 is 32.5 Å². The van der Waals surface area contributed by atoms with Gasteiger partial charge in [0.25, 0.3) is 0 Å². The Hall–Kier alpha value is -4.63. The summed E-state index contributed by atoms with van der Waals surface area (Å²) in [6.45, 7) is -0.235. The molecule has 4 aromatic rings. The lowest BCUT2D eigenvalue weighted by molar-refractivity contribution is -0.286. The molecule has 0 saturated heterocycles. The maximum atomic E-state index is 13.5. The summed E-state index contributed by atoms with van der Waals surface area (Å²) in [7, 11) is 1.28. The molecule has 1 heterocycles. The van der Waals surface area contributed by atoms with Crippen molar-refractivity contribution in [3.8, 4) is 17.2 Å². The summed E-state index contributed by atoms with van der Waals surface area (Å²) in [5, 5.41) is 3.51. The summed E-state index contributed by atoms with van der Waals surface area (Å²) >= 11 is 0. The summed E-state index contributed by atoms with van der Waals surface area (Å²) in [6.07, 6.45) is -3.80. The van der Waals surface area contributed by atoms with Crippen LogP contribution in [0.5, 0.6) is 17.2 Å².